The lowest BCUT2D eigenvalue weighted by atomic mass is 10.1. The van der Waals surface area contributed by atoms with Gasteiger partial charge in [-0.25, -0.2) is 15.0 Å². The van der Waals surface area contributed by atoms with Crippen molar-refractivity contribution in [3.05, 3.63) is 12.7 Å². The Morgan fingerprint density at radius 2 is 2.18 bits per heavy atom. The summed E-state index contributed by atoms with van der Waals surface area (Å²) >= 11 is 0. The Balaban J connectivity index is 1.72. The lowest BCUT2D eigenvalue weighted by Gasteiger charge is -2.21. The first-order chi connectivity index (χ1) is 10.7. The van der Waals surface area contributed by atoms with Crippen LogP contribution in [0.1, 0.15) is 19.1 Å². The summed E-state index contributed by atoms with van der Waals surface area (Å²) in [6, 6.07) is 0. The molecule has 118 valence electrons. The number of hydrogen-bond donors (Lipinski definition) is 3. The molecular formula is C13H17N5O4. The summed E-state index contributed by atoms with van der Waals surface area (Å²) in [5.74, 6) is 0.278. The fourth-order valence-electron chi connectivity index (χ4n) is 2.72. The first-order valence-corrected chi connectivity index (χ1v) is 7.22. The van der Waals surface area contributed by atoms with Crippen LogP contribution in [0.5, 0.6) is 0 Å². The lowest BCUT2D eigenvalue weighted by Crippen LogP contribution is -2.36. The van der Waals surface area contributed by atoms with Gasteiger partial charge in [-0.3, -0.25) is 4.57 Å². The Hall–Kier alpha value is -1.81. The number of rotatable bonds is 4. The van der Waals surface area contributed by atoms with Gasteiger partial charge >= 0.3 is 0 Å². The van der Waals surface area contributed by atoms with E-state index in [1.54, 1.807) is 4.57 Å². The van der Waals surface area contributed by atoms with Crippen molar-refractivity contribution in [2.75, 3.05) is 12.3 Å². The molecule has 2 unspecified atom stereocenters. The fraction of sp³-hybridized carbons (Fsp3) is 0.615. The van der Waals surface area contributed by atoms with Gasteiger partial charge < -0.3 is 25.4 Å². The van der Waals surface area contributed by atoms with Gasteiger partial charge in [-0.2, -0.15) is 0 Å². The van der Waals surface area contributed by atoms with E-state index in [4.69, 9.17) is 15.2 Å². The highest BCUT2D eigenvalue weighted by atomic mass is 16.6. The van der Waals surface area contributed by atoms with Crippen LogP contribution in [0.25, 0.3) is 11.2 Å². The van der Waals surface area contributed by atoms with Gasteiger partial charge in [-0.05, 0) is 12.8 Å². The highest BCUT2D eigenvalue weighted by molar-refractivity contribution is 5.81. The molecule has 4 N–H and O–H groups in total. The molecule has 0 amide bonds. The fourth-order valence-corrected chi connectivity index (χ4v) is 2.72. The Kier molecular flexibility index (Phi) is 3.22. The number of aliphatic hydroxyl groups is 2. The van der Waals surface area contributed by atoms with Gasteiger partial charge in [-0.15, -0.1) is 0 Å². The Morgan fingerprint density at radius 1 is 1.36 bits per heavy atom. The van der Waals surface area contributed by atoms with Gasteiger partial charge in [0.05, 0.1) is 19.0 Å². The van der Waals surface area contributed by atoms with Crippen molar-refractivity contribution in [3.63, 3.8) is 0 Å². The third kappa shape index (κ3) is 2.13. The summed E-state index contributed by atoms with van der Waals surface area (Å²) < 4.78 is 13.3. The average molecular weight is 307 g/mol. The van der Waals surface area contributed by atoms with Crippen LogP contribution in [-0.2, 0) is 9.47 Å². The van der Waals surface area contributed by atoms with E-state index in [1.165, 1.54) is 12.7 Å². The van der Waals surface area contributed by atoms with Gasteiger partial charge in [-0.1, -0.05) is 0 Å². The number of imidazole rings is 1. The molecule has 9 heteroatoms. The number of nitrogens with zero attached hydrogens (tertiary/aromatic N) is 4. The van der Waals surface area contributed by atoms with Crippen molar-refractivity contribution in [2.45, 2.75) is 43.5 Å². The Morgan fingerprint density at radius 3 is 2.91 bits per heavy atom. The summed E-state index contributed by atoms with van der Waals surface area (Å²) in [6.45, 7) is -0.286. The zero-order valence-electron chi connectivity index (χ0n) is 11.7. The van der Waals surface area contributed by atoms with E-state index in [0.717, 1.165) is 12.8 Å². The summed E-state index contributed by atoms with van der Waals surface area (Å²) in [4.78, 5) is 12.3. The van der Waals surface area contributed by atoms with E-state index in [-0.39, 0.29) is 18.5 Å². The highest BCUT2D eigenvalue weighted by Gasteiger charge is 2.48. The van der Waals surface area contributed by atoms with Gasteiger partial charge in [0, 0.05) is 0 Å². The van der Waals surface area contributed by atoms with Crippen molar-refractivity contribution >= 4 is 17.0 Å². The number of ether oxygens (including phenoxy) is 2. The molecule has 1 aliphatic heterocycles. The van der Waals surface area contributed by atoms with Crippen molar-refractivity contribution in [2.24, 2.45) is 0 Å². The molecule has 3 heterocycles. The number of fused-ring (bicyclic) bond motifs is 1. The number of anilines is 1. The topological polar surface area (TPSA) is 129 Å². The van der Waals surface area contributed by atoms with E-state index in [1.807, 2.05) is 0 Å². The third-order valence-corrected chi connectivity index (χ3v) is 4.03. The third-order valence-electron chi connectivity index (χ3n) is 4.03. The van der Waals surface area contributed by atoms with Crippen LogP contribution in [0.4, 0.5) is 5.82 Å². The van der Waals surface area contributed by atoms with Crippen LogP contribution in [-0.4, -0.2) is 60.8 Å². The van der Waals surface area contributed by atoms with E-state index in [2.05, 4.69) is 15.0 Å². The van der Waals surface area contributed by atoms with E-state index in [9.17, 15) is 10.2 Å². The minimum absolute atomic E-state index is 0.137. The molecular weight excluding hydrogens is 290 g/mol. The summed E-state index contributed by atoms with van der Waals surface area (Å²) in [5, 5.41) is 19.7. The van der Waals surface area contributed by atoms with Crippen LogP contribution >= 0.6 is 0 Å². The number of aromatic nitrogens is 4. The van der Waals surface area contributed by atoms with E-state index < -0.39 is 24.5 Å². The normalized spacial score (nSPS) is 31.9. The molecule has 4 atom stereocenters. The van der Waals surface area contributed by atoms with Gasteiger partial charge in [0.15, 0.2) is 17.7 Å². The van der Waals surface area contributed by atoms with Crippen molar-refractivity contribution in [3.8, 4) is 0 Å². The monoisotopic (exact) mass is 307 g/mol. The molecule has 2 aromatic heterocycles. The number of nitrogens with two attached hydrogens (primary N) is 1. The molecule has 2 fully saturated rings. The lowest BCUT2D eigenvalue weighted by molar-refractivity contribution is -0.0761. The maximum atomic E-state index is 10.3. The summed E-state index contributed by atoms with van der Waals surface area (Å²) in [7, 11) is 0. The van der Waals surface area contributed by atoms with Gasteiger partial charge in [0.2, 0.25) is 0 Å². The van der Waals surface area contributed by atoms with Crippen molar-refractivity contribution in [1.82, 2.24) is 19.5 Å². The minimum atomic E-state index is -0.910. The first kappa shape index (κ1) is 13.8. The van der Waals surface area contributed by atoms with Crippen LogP contribution in [0.3, 0.4) is 0 Å². The maximum Gasteiger partial charge on any atom is 0.167 e. The van der Waals surface area contributed by atoms with Crippen molar-refractivity contribution < 1.29 is 19.7 Å². The largest absolute Gasteiger partial charge is 0.394 e. The second kappa shape index (κ2) is 5.13. The number of nitrogen functional groups attached to an aromatic ring is 1. The van der Waals surface area contributed by atoms with Crippen LogP contribution in [0.2, 0.25) is 0 Å². The van der Waals surface area contributed by atoms with E-state index in [0.29, 0.717) is 11.2 Å². The van der Waals surface area contributed by atoms with Crippen LogP contribution in [0, 0.1) is 0 Å². The summed E-state index contributed by atoms with van der Waals surface area (Å²) in [5.41, 5.74) is 6.76. The molecule has 9 nitrogen and oxygen atoms in total. The molecule has 2 aliphatic rings. The predicted octanol–water partition coefficient (Wildman–Crippen LogP) is -0.793. The minimum Gasteiger partial charge on any atom is -0.394 e. The molecule has 1 aliphatic carbocycles. The molecule has 0 aromatic carbocycles. The second-order valence-electron chi connectivity index (χ2n) is 5.62. The Bertz CT molecular complexity index is 688. The molecule has 0 bridgehead atoms. The standard InChI is InChI=1S/C13H17N5O4/c14-11-8-12(16-4-15-11)18(5-17-8)13-10(21-6-1-2-6)9(20)7(3-19)22-13/h4-7,9-10,13,19-20H,1-3H2,(H2,14,15,16)/t7-,9?,10?,13-/m1/s1. The van der Waals surface area contributed by atoms with E-state index >= 15 is 0 Å². The molecule has 0 spiro atoms. The quantitative estimate of drug-likeness (QED) is 0.670. The molecule has 1 saturated heterocycles. The smallest absolute Gasteiger partial charge is 0.167 e. The van der Waals surface area contributed by atoms with Crippen molar-refractivity contribution in [1.29, 1.82) is 0 Å². The number of hydrogen-bond acceptors (Lipinski definition) is 8. The molecule has 0 radical (unpaired) electrons. The maximum absolute atomic E-state index is 10.3. The predicted molar refractivity (Wildman–Crippen MR) is 74.6 cm³/mol. The molecule has 22 heavy (non-hydrogen) atoms. The zero-order chi connectivity index (χ0) is 15.3. The van der Waals surface area contributed by atoms with Crippen LogP contribution in [0.15, 0.2) is 12.7 Å². The zero-order valence-corrected chi connectivity index (χ0v) is 11.7. The molecule has 2 aromatic rings. The summed E-state index contributed by atoms with van der Waals surface area (Å²) in [6.07, 6.45) is 2.15. The SMILES string of the molecule is Nc1ncnc2c1ncn2[C@@H]1O[C@H](CO)C(O)C1OC1CC1. The van der Waals surface area contributed by atoms with Gasteiger partial charge in [0.1, 0.15) is 30.2 Å². The number of aliphatic hydroxyl groups excluding tert-OH is 2. The van der Waals surface area contributed by atoms with Crippen LogP contribution < -0.4 is 5.73 Å². The second-order valence-corrected chi connectivity index (χ2v) is 5.62. The van der Waals surface area contributed by atoms with Gasteiger partial charge in [0.25, 0.3) is 0 Å². The average Bonchev–Trinajstić information content (AvgIpc) is 3.15. The molecule has 1 saturated carbocycles. The Labute approximate surface area is 125 Å². The highest BCUT2D eigenvalue weighted by Crippen LogP contribution is 2.37. The first-order valence-electron chi connectivity index (χ1n) is 7.22. The molecule has 4 rings (SSSR count).